The van der Waals surface area contributed by atoms with Crippen LogP contribution >= 0.6 is 0 Å². The number of aromatic nitrogens is 1. The summed E-state index contributed by atoms with van der Waals surface area (Å²) in [6.45, 7) is 2.66. The molecule has 17 heavy (non-hydrogen) atoms. The minimum absolute atomic E-state index is 0.0116. The Morgan fingerprint density at radius 1 is 1.53 bits per heavy atom. The number of carbonyl (C=O) groups excluding carboxylic acids is 1. The third-order valence-electron chi connectivity index (χ3n) is 3.05. The topological polar surface area (TPSA) is 67.2 Å². The molecule has 2 N–H and O–H groups in total. The van der Waals surface area contributed by atoms with Crippen LogP contribution in [0.25, 0.3) is 0 Å². The Labute approximate surface area is 101 Å². The van der Waals surface area contributed by atoms with E-state index < -0.39 is 0 Å². The van der Waals surface area contributed by atoms with Gasteiger partial charge in [-0.1, -0.05) is 18.0 Å². The number of hydrogen-bond acceptors (Lipinski definition) is 4. The third kappa shape index (κ3) is 3.85. The van der Waals surface area contributed by atoms with E-state index in [0.29, 0.717) is 19.1 Å². The molecule has 1 saturated carbocycles. The van der Waals surface area contributed by atoms with E-state index in [1.807, 2.05) is 13.0 Å². The summed E-state index contributed by atoms with van der Waals surface area (Å²) >= 11 is 0. The van der Waals surface area contributed by atoms with Crippen LogP contribution in [0.15, 0.2) is 10.6 Å². The second-order valence-electron chi connectivity index (χ2n) is 4.57. The van der Waals surface area contributed by atoms with Crippen LogP contribution in [0.3, 0.4) is 0 Å². The van der Waals surface area contributed by atoms with Crippen LogP contribution in [0.5, 0.6) is 0 Å². The van der Waals surface area contributed by atoms with Crippen molar-refractivity contribution in [2.24, 2.45) is 0 Å². The highest BCUT2D eigenvalue weighted by Crippen LogP contribution is 2.17. The molecule has 1 aromatic rings. The summed E-state index contributed by atoms with van der Waals surface area (Å²) in [5.41, 5.74) is 0.761. The predicted octanol–water partition coefficient (Wildman–Crippen LogP) is 1.13. The van der Waals surface area contributed by atoms with Crippen molar-refractivity contribution in [2.45, 2.75) is 45.2 Å². The predicted molar refractivity (Wildman–Crippen MR) is 63.3 cm³/mol. The van der Waals surface area contributed by atoms with Gasteiger partial charge in [0.25, 0.3) is 0 Å². The largest absolute Gasteiger partial charge is 0.361 e. The molecule has 2 rings (SSSR count). The molecule has 0 saturated heterocycles. The van der Waals surface area contributed by atoms with Crippen molar-refractivity contribution in [3.63, 3.8) is 0 Å². The van der Waals surface area contributed by atoms with Crippen molar-refractivity contribution in [1.82, 2.24) is 15.8 Å². The monoisotopic (exact) mass is 237 g/mol. The first-order valence-electron chi connectivity index (χ1n) is 6.16. The number of hydrogen-bond donors (Lipinski definition) is 2. The number of rotatable bonds is 5. The van der Waals surface area contributed by atoms with Crippen LogP contribution in [0.2, 0.25) is 0 Å². The maximum absolute atomic E-state index is 11.5. The normalized spacial score (nSPS) is 16.3. The lowest BCUT2D eigenvalue weighted by Gasteiger charge is -2.11. The zero-order chi connectivity index (χ0) is 12.1. The molecular weight excluding hydrogens is 218 g/mol. The lowest BCUT2D eigenvalue weighted by atomic mass is 10.2. The Morgan fingerprint density at radius 3 is 2.94 bits per heavy atom. The van der Waals surface area contributed by atoms with Gasteiger partial charge in [-0.2, -0.15) is 0 Å². The van der Waals surface area contributed by atoms with Gasteiger partial charge in [0.1, 0.15) is 11.5 Å². The Hall–Kier alpha value is -1.36. The molecule has 1 heterocycles. The standard InChI is InChI=1S/C12H19N3O2/c1-9-6-11(15-17-9)7-14-12(16)8-13-10-4-2-3-5-10/h6,10,13H,2-5,7-8H2,1H3,(H,14,16). The molecule has 94 valence electrons. The smallest absolute Gasteiger partial charge is 0.234 e. The van der Waals surface area contributed by atoms with E-state index in [9.17, 15) is 4.79 Å². The second-order valence-corrected chi connectivity index (χ2v) is 4.57. The summed E-state index contributed by atoms with van der Waals surface area (Å²) in [7, 11) is 0. The summed E-state index contributed by atoms with van der Waals surface area (Å²) in [6, 6.07) is 2.35. The van der Waals surface area contributed by atoms with Crippen LogP contribution in [0, 0.1) is 6.92 Å². The van der Waals surface area contributed by atoms with Gasteiger partial charge in [-0.05, 0) is 19.8 Å². The molecule has 0 aromatic carbocycles. The van der Waals surface area contributed by atoms with E-state index in [2.05, 4.69) is 15.8 Å². The van der Waals surface area contributed by atoms with Gasteiger partial charge in [-0.3, -0.25) is 4.79 Å². The quantitative estimate of drug-likeness (QED) is 0.805. The van der Waals surface area contributed by atoms with Crippen LogP contribution in [0.1, 0.15) is 37.1 Å². The lowest BCUT2D eigenvalue weighted by molar-refractivity contribution is -0.120. The molecule has 0 bridgehead atoms. The average molecular weight is 237 g/mol. The third-order valence-corrected chi connectivity index (χ3v) is 3.05. The molecule has 0 radical (unpaired) electrons. The van der Waals surface area contributed by atoms with Crippen molar-refractivity contribution >= 4 is 5.91 Å². The Kier molecular flexibility index (Phi) is 4.14. The van der Waals surface area contributed by atoms with Crippen molar-refractivity contribution < 1.29 is 9.32 Å². The molecule has 0 aliphatic heterocycles. The van der Waals surface area contributed by atoms with E-state index in [0.717, 1.165) is 11.5 Å². The molecule has 0 spiro atoms. The highest BCUT2D eigenvalue weighted by Gasteiger charge is 2.15. The molecule has 1 amide bonds. The van der Waals surface area contributed by atoms with Crippen LogP contribution in [0.4, 0.5) is 0 Å². The van der Waals surface area contributed by atoms with Gasteiger partial charge < -0.3 is 15.2 Å². The number of nitrogens with zero attached hydrogens (tertiary/aromatic N) is 1. The summed E-state index contributed by atoms with van der Waals surface area (Å²) in [6.07, 6.45) is 4.93. The highest BCUT2D eigenvalue weighted by molar-refractivity contribution is 5.77. The van der Waals surface area contributed by atoms with E-state index in [4.69, 9.17) is 4.52 Å². The number of carbonyl (C=O) groups is 1. The molecule has 0 atom stereocenters. The summed E-state index contributed by atoms with van der Waals surface area (Å²) < 4.78 is 4.92. The van der Waals surface area contributed by atoms with Gasteiger partial charge in [0.15, 0.2) is 0 Å². The number of amides is 1. The maximum atomic E-state index is 11.5. The van der Waals surface area contributed by atoms with E-state index in [1.165, 1.54) is 25.7 Å². The lowest BCUT2D eigenvalue weighted by Crippen LogP contribution is -2.37. The summed E-state index contributed by atoms with van der Waals surface area (Å²) in [5, 5.41) is 9.89. The molecule has 0 unspecified atom stereocenters. The fraction of sp³-hybridized carbons (Fsp3) is 0.667. The van der Waals surface area contributed by atoms with Crippen molar-refractivity contribution in [1.29, 1.82) is 0 Å². The fourth-order valence-electron chi connectivity index (χ4n) is 2.12. The van der Waals surface area contributed by atoms with Gasteiger partial charge in [0.2, 0.25) is 5.91 Å². The van der Waals surface area contributed by atoms with Crippen LogP contribution in [-0.2, 0) is 11.3 Å². The van der Waals surface area contributed by atoms with Gasteiger partial charge in [-0.15, -0.1) is 0 Å². The van der Waals surface area contributed by atoms with E-state index in [1.54, 1.807) is 0 Å². The SMILES string of the molecule is Cc1cc(CNC(=O)CNC2CCCC2)no1. The summed E-state index contributed by atoms with van der Waals surface area (Å²) in [5.74, 6) is 0.774. The van der Waals surface area contributed by atoms with Gasteiger partial charge in [-0.25, -0.2) is 0 Å². The Morgan fingerprint density at radius 2 is 2.29 bits per heavy atom. The van der Waals surface area contributed by atoms with Gasteiger partial charge in [0, 0.05) is 12.1 Å². The number of nitrogens with one attached hydrogen (secondary N) is 2. The maximum Gasteiger partial charge on any atom is 0.234 e. The summed E-state index contributed by atoms with van der Waals surface area (Å²) in [4.78, 5) is 11.5. The average Bonchev–Trinajstić information content (AvgIpc) is 2.95. The van der Waals surface area contributed by atoms with E-state index >= 15 is 0 Å². The highest BCUT2D eigenvalue weighted by atomic mass is 16.5. The zero-order valence-electron chi connectivity index (χ0n) is 10.2. The minimum Gasteiger partial charge on any atom is -0.361 e. The van der Waals surface area contributed by atoms with Gasteiger partial charge in [0.05, 0.1) is 13.1 Å². The molecular formula is C12H19N3O2. The van der Waals surface area contributed by atoms with Crippen LogP contribution in [-0.4, -0.2) is 23.7 Å². The molecule has 1 aromatic heterocycles. The minimum atomic E-state index is 0.0116. The van der Waals surface area contributed by atoms with Crippen LogP contribution < -0.4 is 10.6 Å². The number of aryl methyl sites for hydroxylation is 1. The zero-order valence-corrected chi connectivity index (χ0v) is 10.2. The van der Waals surface area contributed by atoms with Crippen molar-refractivity contribution in [3.8, 4) is 0 Å². The first-order valence-corrected chi connectivity index (χ1v) is 6.16. The van der Waals surface area contributed by atoms with Crippen molar-refractivity contribution in [2.75, 3.05) is 6.54 Å². The molecule has 1 aliphatic carbocycles. The molecule has 5 heteroatoms. The Bertz CT molecular complexity index is 370. The molecule has 1 aliphatic rings. The van der Waals surface area contributed by atoms with Gasteiger partial charge >= 0.3 is 0 Å². The van der Waals surface area contributed by atoms with Crippen molar-refractivity contribution in [3.05, 3.63) is 17.5 Å². The molecule has 5 nitrogen and oxygen atoms in total. The first kappa shape index (κ1) is 12.1. The second kappa shape index (κ2) is 5.82. The Balaban J connectivity index is 1.63. The molecule has 1 fully saturated rings. The fourth-order valence-corrected chi connectivity index (χ4v) is 2.12. The van der Waals surface area contributed by atoms with E-state index in [-0.39, 0.29) is 5.91 Å². The first-order chi connectivity index (χ1) is 8.24.